The summed E-state index contributed by atoms with van der Waals surface area (Å²) < 4.78 is 5.49. The van der Waals surface area contributed by atoms with Crippen LogP contribution in [0.3, 0.4) is 0 Å². The molecule has 1 aromatic heterocycles. The van der Waals surface area contributed by atoms with Crippen molar-refractivity contribution < 1.29 is 14.8 Å². The lowest BCUT2D eigenvalue weighted by molar-refractivity contribution is -0.385. The summed E-state index contributed by atoms with van der Waals surface area (Å²) in [5.41, 5.74) is 8.59. The van der Waals surface area contributed by atoms with Crippen LogP contribution in [0.1, 0.15) is 30.9 Å². The first-order chi connectivity index (χ1) is 14.8. The van der Waals surface area contributed by atoms with Gasteiger partial charge in [-0.15, -0.1) is 0 Å². The van der Waals surface area contributed by atoms with Crippen LogP contribution in [0.2, 0.25) is 0 Å². The molecule has 3 aromatic rings. The summed E-state index contributed by atoms with van der Waals surface area (Å²) >= 11 is 0. The quantitative estimate of drug-likeness (QED) is 0.314. The molecule has 8 heteroatoms. The number of ether oxygens (including phenoxy) is 1. The van der Waals surface area contributed by atoms with Gasteiger partial charge in [0.1, 0.15) is 23.2 Å². The van der Waals surface area contributed by atoms with Gasteiger partial charge in [0.2, 0.25) is 5.75 Å². The number of nitrogen functional groups attached to an aromatic ring is 1. The van der Waals surface area contributed by atoms with Crippen LogP contribution in [0, 0.1) is 28.4 Å². The third kappa shape index (κ3) is 4.56. The van der Waals surface area contributed by atoms with E-state index in [4.69, 9.17) is 10.5 Å². The molecule has 0 unspecified atom stereocenters. The van der Waals surface area contributed by atoms with Crippen molar-refractivity contribution in [1.82, 2.24) is 4.98 Å². The number of anilines is 1. The maximum absolute atomic E-state index is 11.6. The van der Waals surface area contributed by atoms with Gasteiger partial charge in [-0.2, -0.15) is 5.26 Å². The predicted octanol–water partition coefficient (Wildman–Crippen LogP) is 4.97. The molecule has 0 aliphatic rings. The van der Waals surface area contributed by atoms with Crippen LogP contribution in [0.5, 0.6) is 11.5 Å². The minimum Gasteiger partial charge on any atom is -0.507 e. The van der Waals surface area contributed by atoms with Crippen LogP contribution >= 0.6 is 0 Å². The number of aryl methyl sites for hydroxylation is 1. The Morgan fingerprint density at radius 3 is 2.55 bits per heavy atom. The van der Waals surface area contributed by atoms with Crippen LogP contribution in [0.15, 0.2) is 42.5 Å². The number of phenols is 1. The number of nitrogens with two attached hydrogens (primary N) is 1. The number of benzene rings is 2. The topological polar surface area (TPSA) is 135 Å². The van der Waals surface area contributed by atoms with E-state index in [1.165, 1.54) is 12.1 Å². The number of unbranched alkanes of at least 4 members (excludes halogenated alkanes) is 1. The highest BCUT2D eigenvalue weighted by molar-refractivity contribution is 5.82. The molecule has 0 radical (unpaired) electrons. The molecule has 1 heterocycles. The van der Waals surface area contributed by atoms with E-state index in [0.717, 1.165) is 24.0 Å². The summed E-state index contributed by atoms with van der Waals surface area (Å²) in [4.78, 5) is 15.2. The van der Waals surface area contributed by atoms with Gasteiger partial charge in [0.15, 0.2) is 0 Å². The third-order valence-electron chi connectivity index (χ3n) is 4.83. The summed E-state index contributed by atoms with van der Waals surface area (Å²) in [7, 11) is 0. The van der Waals surface area contributed by atoms with Crippen molar-refractivity contribution >= 4 is 11.5 Å². The van der Waals surface area contributed by atoms with Crippen molar-refractivity contribution in [1.29, 1.82) is 5.26 Å². The minimum atomic E-state index is -0.571. The first-order valence-electron chi connectivity index (χ1n) is 9.78. The van der Waals surface area contributed by atoms with Crippen molar-refractivity contribution in [2.45, 2.75) is 26.7 Å². The highest BCUT2D eigenvalue weighted by Gasteiger charge is 2.22. The number of nitro groups is 1. The second kappa shape index (κ2) is 9.13. The highest BCUT2D eigenvalue weighted by Crippen LogP contribution is 2.41. The number of hydrogen-bond acceptors (Lipinski definition) is 7. The molecule has 3 rings (SSSR count). The number of nitro benzene ring substituents is 1. The van der Waals surface area contributed by atoms with Gasteiger partial charge in [0, 0.05) is 23.3 Å². The fourth-order valence-corrected chi connectivity index (χ4v) is 3.13. The Kier molecular flexibility index (Phi) is 6.36. The van der Waals surface area contributed by atoms with E-state index in [1.807, 2.05) is 38.1 Å². The van der Waals surface area contributed by atoms with E-state index in [1.54, 1.807) is 6.07 Å². The molecule has 0 aliphatic carbocycles. The summed E-state index contributed by atoms with van der Waals surface area (Å²) in [5, 5.41) is 31.7. The number of aromatic hydroxyl groups is 1. The van der Waals surface area contributed by atoms with Crippen LogP contribution in [0.25, 0.3) is 22.4 Å². The van der Waals surface area contributed by atoms with Gasteiger partial charge >= 0.3 is 5.69 Å². The molecule has 0 spiro atoms. The molecule has 0 fully saturated rings. The summed E-state index contributed by atoms with van der Waals surface area (Å²) in [6.07, 6.45) is 1.60. The summed E-state index contributed by atoms with van der Waals surface area (Å²) in [6.45, 7) is 4.23. The van der Waals surface area contributed by atoms with E-state index in [-0.39, 0.29) is 39.8 Å². The molecule has 3 N–H and O–H groups in total. The molecule has 0 aliphatic heterocycles. The molecule has 8 nitrogen and oxygen atoms in total. The Bertz CT molecular complexity index is 1170. The number of hydrogen-bond donors (Lipinski definition) is 2. The molecular formula is C23H22N4O4. The predicted molar refractivity (Wildman–Crippen MR) is 118 cm³/mol. The Morgan fingerprint density at radius 1 is 1.23 bits per heavy atom. The molecule has 0 saturated heterocycles. The molecule has 158 valence electrons. The normalized spacial score (nSPS) is 10.5. The molecule has 0 amide bonds. The molecule has 2 aromatic carbocycles. The number of nitriles is 1. The standard InChI is InChI=1S/C23H22N4O4/c1-3-4-9-31-22-12-21(28)17(11-20(22)27(29)30)19-10-16(18(13-24)23(25)26-19)15-7-5-14(2)6-8-15/h5-8,10-12,28H,3-4,9H2,1-2H3,(H2,25,26). The maximum atomic E-state index is 11.6. The lowest BCUT2D eigenvalue weighted by Gasteiger charge is -2.13. The summed E-state index contributed by atoms with van der Waals surface area (Å²) in [6, 6.07) is 13.6. The van der Waals surface area contributed by atoms with Gasteiger partial charge < -0.3 is 15.6 Å². The fourth-order valence-electron chi connectivity index (χ4n) is 3.13. The Morgan fingerprint density at radius 2 is 1.94 bits per heavy atom. The van der Waals surface area contributed by atoms with Crippen molar-refractivity contribution in [3.05, 3.63) is 63.7 Å². The Hall–Kier alpha value is -4.12. The molecule has 0 atom stereocenters. The second-order valence-corrected chi connectivity index (χ2v) is 7.09. The highest BCUT2D eigenvalue weighted by atomic mass is 16.6. The van der Waals surface area contributed by atoms with Gasteiger partial charge in [-0.3, -0.25) is 10.1 Å². The Balaban J connectivity index is 2.16. The van der Waals surface area contributed by atoms with Gasteiger partial charge in [-0.25, -0.2) is 4.98 Å². The average molecular weight is 418 g/mol. The van der Waals surface area contributed by atoms with Crippen molar-refractivity contribution in [2.24, 2.45) is 0 Å². The van der Waals surface area contributed by atoms with Gasteiger partial charge in [-0.1, -0.05) is 43.2 Å². The van der Waals surface area contributed by atoms with E-state index in [2.05, 4.69) is 11.1 Å². The zero-order valence-electron chi connectivity index (χ0n) is 17.3. The van der Waals surface area contributed by atoms with E-state index in [9.17, 15) is 20.5 Å². The van der Waals surface area contributed by atoms with E-state index in [0.29, 0.717) is 12.2 Å². The molecule has 31 heavy (non-hydrogen) atoms. The number of nitrogens with zero attached hydrogens (tertiary/aromatic N) is 3. The van der Waals surface area contributed by atoms with E-state index >= 15 is 0 Å². The largest absolute Gasteiger partial charge is 0.507 e. The van der Waals surface area contributed by atoms with Crippen LogP contribution in [-0.4, -0.2) is 21.6 Å². The van der Waals surface area contributed by atoms with E-state index < -0.39 is 4.92 Å². The second-order valence-electron chi connectivity index (χ2n) is 7.09. The number of aromatic nitrogens is 1. The molecular weight excluding hydrogens is 396 g/mol. The minimum absolute atomic E-state index is 0.0138. The Labute approximate surface area is 179 Å². The number of phenolic OH excluding ortho intramolecular Hbond substituents is 1. The van der Waals surface area contributed by atoms with Gasteiger partial charge in [0.05, 0.1) is 17.2 Å². The van der Waals surface area contributed by atoms with Crippen molar-refractivity contribution in [2.75, 3.05) is 12.3 Å². The maximum Gasteiger partial charge on any atom is 0.311 e. The molecule has 0 saturated carbocycles. The number of pyridine rings is 1. The monoisotopic (exact) mass is 418 g/mol. The van der Waals surface area contributed by atoms with Crippen LogP contribution < -0.4 is 10.5 Å². The summed E-state index contributed by atoms with van der Waals surface area (Å²) in [5.74, 6) is -0.274. The first kappa shape index (κ1) is 21.6. The third-order valence-corrected chi connectivity index (χ3v) is 4.83. The zero-order valence-corrected chi connectivity index (χ0v) is 17.3. The van der Waals surface area contributed by atoms with Crippen LogP contribution in [0.4, 0.5) is 11.5 Å². The van der Waals surface area contributed by atoms with Crippen LogP contribution in [-0.2, 0) is 0 Å². The fraction of sp³-hybridized carbons (Fsp3) is 0.217. The van der Waals surface area contributed by atoms with Crippen molar-refractivity contribution in [3.8, 4) is 40.0 Å². The lowest BCUT2D eigenvalue weighted by Crippen LogP contribution is -2.02. The molecule has 0 bridgehead atoms. The number of rotatable bonds is 7. The average Bonchev–Trinajstić information content (AvgIpc) is 2.74. The van der Waals surface area contributed by atoms with Crippen molar-refractivity contribution in [3.63, 3.8) is 0 Å². The first-order valence-corrected chi connectivity index (χ1v) is 9.78. The zero-order chi connectivity index (χ0) is 22.5. The smallest absolute Gasteiger partial charge is 0.311 e. The van der Waals surface area contributed by atoms with Gasteiger partial charge in [-0.05, 0) is 25.0 Å². The lowest BCUT2D eigenvalue weighted by atomic mass is 9.97. The SMILES string of the molecule is CCCCOc1cc(O)c(-c2cc(-c3ccc(C)cc3)c(C#N)c(N)n2)cc1[N+](=O)[O-]. The van der Waals surface area contributed by atoms with Gasteiger partial charge in [0.25, 0.3) is 0 Å².